The van der Waals surface area contributed by atoms with Crippen LogP contribution in [0.15, 0.2) is 36.7 Å². The molecule has 0 saturated carbocycles. The molecule has 4 rings (SSSR count). The van der Waals surface area contributed by atoms with Crippen LogP contribution in [0.2, 0.25) is 0 Å². The van der Waals surface area contributed by atoms with Gasteiger partial charge in [-0.25, -0.2) is 20.8 Å². The molecular weight excluding hydrogens is 380 g/mol. The number of nitrogens with two attached hydrogens (primary N) is 2. The Bertz CT molecular complexity index is 1000. The number of nitrogens with zero attached hydrogens (tertiary/aromatic N) is 5. The van der Waals surface area contributed by atoms with E-state index in [2.05, 4.69) is 39.0 Å². The van der Waals surface area contributed by atoms with Crippen molar-refractivity contribution >= 4 is 39.7 Å². The third kappa shape index (κ3) is 4.37. The number of hydrazine groups is 1. The lowest BCUT2D eigenvalue weighted by Gasteiger charge is -2.28. The summed E-state index contributed by atoms with van der Waals surface area (Å²) in [5, 5.41) is 5.71. The minimum atomic E-state index is 0.387. The normalized spacial score (nSPS) is 14.3. The van der Waals surface area contributed by atoms with Crippen LogP contribution in [0.25, 0.3) is 10.9 Å². The lowest BCUT2D eigenvalue weighted by molar-refractivity contribution is 0.122. The molecule has 0 aliphatic carbocycles. The smallest absolute Gasteiger partial charge is 0.228 e. The van der Waals surface area contributed by atoms with Gasteiger partial charge in [0.2, 0.25) is 5.95 Å². The lowest BCUT2D eigenvalue weighted by atomic mass is 10.1. The summed E-state index contributed by atoms with van der Waals surface area (Å²) < 4.78 is 5.40. The van der Waals surface area contributed by atoms with Crippen molar-refractivity contribution in [2.75, 3.05) is 53.8 Å². The number of anilines is 5. The van der Waals surface area contributed by atoms with Gasteiger partial charge in [0.05, 0.1) is 30.8 Å². The van der Waals surface area contributed by atoms with E-state index >= 15 is 0 Å². The van der Waals surface area contributed by atoms with Gasteiger partial charge in [-0.05, 0) is 30.2 Å². The van der Waals surface area contributed by atoms with E-state index in [0.29, 0.717) is 41.1 Å². The third-order valence-corrected chi connectivity index (χ3v) is 4.97. The quantitative estimate of drug-likeness (QED) is 0.321. The standard InChI is InChI=1S/C21H28N8O/c1-14(2)13-29(23)20-17(22)5-3-15-11-25-21(27-19(15)20)26-18-6-4-16(12-24-18)28-7-9-30-10-8-28/h3-6,11-12,14H,7-10,13,22-23H2,1-2H3,(H,24,25,26,27). The number of nitrogen functional groups attached to an aromatic ring is 1. The highest BCUT2D eigenvalue weighted by atomic mass is 16.5. The number of morpholine rings is 1. The molecule has 1 aliphatic heterocycles. The Morgan fingerprint density at radius 2 is 1.93 bits per heavy atom. The molecule has 158 valence electrons. The first kappa shape index (κ1) is 20.1. The van der Waals surface area contributed by atoms with Gasteiger partial charge < -0.3 is 25.7 Å². The number of fused-ring (bicyclic) bond motifs is 1. The Kier molecular flexibility index (Phi) is 5.82. The molecule has 1 aliphatic rings. The fourth-order valence-corrected chi connectivity index (χ4v) is 3.53. The number of hydrogen-bond acceptors (Lipinski definition) is 9. The Morgan fingerprint density at radius 3 is 2.63 bits per heavy atom. The molecule has 9 heteroatoms. The van der Waals surface area contributed by atoms with Crippen molar-refractivity contribution in [2.24, 2.45) is 11.8 Å². The van der Waals surface area contributed by atoms with Crippen LogP contribution in [-0.2, 0) is 4.74 Å². The number of benzene rings is 1. The van der Waals surface area contributed by atoms with Crippen molar-refractivity contribution < 1.29 is 4.74 Å². The first-order valence-electron chi connectivity index (χ1n) is 10.1. The zero-order chi connectivity index (χ0) is 21.1. The van der Waals surface area contributed by atoms with Crippen LogP contribution in [0.1, 0.15) is 13.8 Å². The highest BCUT2D eigenvalue weighted by Crippen LogP contribution is 2.31. The molecule has 0 bridgehead atoms. The van der Waals surface area contributed by atoms with Crippen molar-refractivity contribution in [1.82, 2.24) is 15.0 Å². The topological polar surface area (TPSA) is 118 Å². The average molecular weight is 409 g/mol. The molecule has 2 aromatic heterocycles. The first-order chi connectivity index (χ1) is 14.5. The van der Waals surface area contributed by atoms with Gasteiger partial charge in [0.1, 0.15) is 17.0 Å². The Labute approximate surface area is 176 Å². The number of rotatable bonds is 6. The van der Waals surface area contributed by atoms with E-state index in [-0.39, 0.29) is 0 Å². The fourth-order valence-electron chi connectivity index (χ4n) is 3.53. The van der Waals surface area contributed by atoms with Gasteiger partial charge >= 0.3 is 0 Å². The van der Waals surface area contributed by atoms with Gasteiger partial charge in [0, 0.05) is 31.2 Å². The molecule has 9 nitrogen and oxygen atoms in total. The van der Waals surface area contributed by atoms with Gasteiger partial charge in [0.25, 0.3) is 0 Å². The fraction of sp³-hybridized carbons (Fsp3) is 0.381. The number of nitrogens with one attached hydrogen (secondary N) is 1. The van der Waals surface area contributed by atoms with Gasteiger partial charge in [0.15, 0.2) is 0 Å². The van der Waals surface area contributed by atoms with Crippen molar-refractivity contribution in [3.8, 4) is 0 Å². The average Bonchev–Trinajstić information content (AvgIpc) is 2.74. The molecule has 30 heavy (non-hydrogen) atoms. The molecule has 0 spiro atoms. The monoisotopic (exact) mass is 408 g/mol. The second-order valence-electron chi connectivity index (χ2n) is 7.81. The van der Waals surface area contributed by atoms with Crippen LogP contribution in [0.3, 0.4) is 0 Å². The van der Waals surface area contributed by atoms with Gasteiger partial charge in [-0.1, -0.05) is 13.8 Å². The number of ether oxygens (including phenoxy) is 1. The highest BCUT2D eigenvalue weighted by molar-refractivity contribution is 5.97. The summed E-state index contributed by atoms with van der Waals surface area (Å²) >= 11 is 0. The highest BCUT2D eigenvalue weighted by Gasteiger charge is 2.15. The molecule has 5 N–H and O–H groups in total. The molecule has 0 amide bonds. The van der Waals surface area contributed by atoms with Crippen molar-refractivity contribution in [1.29, 1.82) is 0 Å². The van der Waals surface area contributed by atoms with Gasteiger partial charge in [-0.15, -0.1) is 0 Å². The lowest BCUT2D eigenvalue weighted by Crippen LogP contribution is -2.36. The summed E-state index contributed by atoms with van der Waals surface area (Å²) in [6.45, 7) is 8.11. The number of hydrogen-bond donors (Lipinski definition) is 3. The predicted molar refractivity (Wildman–Crippen MR) is 121 cm³/mol. The van der Waals surface area contributed by atoms with E-state index in [0.717, 1.165) is 37.4 Å². The summed E-state index contributed by atoms with van der Waals surface area (Å²) in [5.41, 5.74) is 9.31. The molecule has 3 heterocycles. The van der Waals surface area contributed by atoms with E-state index in [4.69, 9.17) is 16.3 Å². The van der Waals surface area contributed by atoms with Crippen molar-refractivity contribution in [3.05, 3.63) is 36.7 Å². The SMILES string of the molecule is CC(C)CN(N)c1c(N)ccc2cnc(Nc3ccc(N4CCOCC4)cn3)nc12. The van der Waals surface area contributed by atoms with E-state index in [1.165, 1.54) is 0 Å². The van der Waals surface area contributed by atoms with Gasteiger partial charge in [-0.3, -0.25) is 0 Å². The van der Waals surface area contributed by atoms with Gasteiger partial charge in [-0.2, -0.15) is 0 Å². The van der Waals surface area contributed by atoms with Crippen LogP contribution in [-0.4, -0.2) is 47.8 Å². The Morgan fingerprint density at radius 1 is 1.13 bits per heavy atom. The number of aromatic nitrogens is 3. The molecule has 0 radical (unpaired) electrons. The maximum atomic E-state index is 6.30. The van der Waals surface area contributed by atoms with Crippen LogP contribution in [0, 0.1) is 5.92 Å². The third-order valence-electron chi connectivity index (χ3n) is 4.97. The van der Waals surface area contributed by atoms with E-state index in [1.807, 2.05) is 30.5 Å². The zero-order valence-corrected chi connectivity index (χ0v) is 17.4. The Balaban J connectivity index is 1.58. The molecule has 3 aromatic rings. The molecular formula is C21H28N8O. The maximum Gasteiger partial charge on any atom is 0.228 e. The maximum absolute atomic E-state index is 6.30. The number of pyridine rings is 1. The summed E-state index contributed by atoms with van der Waals surface area (Å²) in [6.07, 6.45) is 3.61. The predicted octanol–water partition coefficient (Wildman–Crippen LogP) is 2.52. The summed E-state index contributed by atoms with van der Waals surface area (Å²) in [4.78, 5) is 15.9. The molecule has 1 fully saturated rings. The minimum Gasteiger partial charge on any atom is -0.397 e. The van der Waals surface area contributed by atoms with Crippen LogP contribution < -0.4 is 26.8 Å². The second-order valence-corrected chi connectivity index (χ2v) is 7.81. The summed E-state index contributed by atoms with van der Waals surface area (Å²) in [6, 6.07) is 7.69. The largest absolute Gasteiger partial charge is 0.397 e. The molecule has 0 unspecified atom stereocenters. The first-order valence-corrected chi connectivity index (χ1v) is 10.1. The summed E-state index contributed by atoms with van der Waals surface area (Å²) in [7, 11) is 0. The molecule has 0 atom stereocenters. The Hall–Kier alpha value is -3.17. The second kappa shape index (κ2) is 8.68. The van der Waals surface area contributed by atoms with Crippen molar-refractivity contribution in [3.63, 3.8) is 0 Å². The van der Waals surface area contributed by atoms with Crippen LogP contribution in [0.5, 0.6) is 0 Å². The van der Waals surface area contributed by atoms with E-state index in [1.54, 1.807) is 11.2 Å². The van der Waals surface area contributed by atoms with E-state index < -0.39 is 0 Å². The van der Waals surface area contributed by atoms with Crippen molar-refractivity contribution in [2.45, 2.75) is 13.8 Å². The van der Waals surface area contributed by atoms with E-state index in [9.17, 15) is 0 Å². The summed E-state index contributed by atoms with van der Waals surface area (Å²) in [5.74, 6) is 7.80. The molecule has 1 aromatic carbocycles. The molecule has 1 saturated heterocycles. The minimum absolute atomic E-state index is 0.387. The zero-order valence-electron chi connectivity index (χ0n) is 17.4. The van der Waals surface area contributed by atoms with Crippen LogP contribution in [0.4, 0.5) is 28.8 Å². The van der Waals surface area contributed by atoms with Crippen LogP contribution >= 0.6 is 0 Å².